The van der Waals surface area contributed by atoms with Gasteiger partial charge < -0.3 is 5.32 Å². The summed E-state index contributed by atoms with van der Waals surface area (Å²) < 4.78 is 0. The van der Waals surface area contributed by atoms with Gasteiger partial charge in [-0.3, -0.25) is 14.7 Å². The quantitative estimate of drug-likeness (QED) is 0.832. The fourth-order valence-corrected chi connectivity index (χ4v) is 3.63. The van der Waals surface area contributed by atoms with E-state index in [0.717, 1.165) is 51.1 Å². The molecule has 0 spiro atoms. The molecule has 1 aliphatic heterocycles. The van der Waals surface area contributed by atoms with Crippen molar-refractivity contribution in [2.45, 2.75) is 39.2 Å². The maximum absolute atomic E-state index is 12.2. The van der Waals surface area contributed by atoms with Crippen LogP contribution in [-0.2, 0) is 17.8 Å². The van der Waals surface area contributed by atoms with Crippen LogP contribution in [0.4, 0.5) is 0 Å². The average molecular weight is 351 g/mol. The fourth-order valence-electron chi connectivity index (χ4n) is 3.63. The molecule has 0 aliphatic carbocycles. The first-order chi connectivity index (χ1) is 12.7. The summed E-state index contributed by atoms with van der Waals surface area (Å²) in [5, 5.41) is 3.09. The number of amides is 1. The molecule has 0 unspecified atom stereocenters. The van der Waals surface area contributed by atoms with Crippen LogP contribution in [0.1, 0.15) is 36.1 Å². The zero-order chi connectivity index (χ0) is 18.2. The van der Waals surface area contributed by atoms with Gasteiger partial charge in [-0.25, -0.2) is 0 Å². The molecule has 4 heteroatoms. The van der Waals surface area contributed by atoms with Gasteiger partial charge in [-0.2, -0.15) is 0 Å². The number of aryl methyl sites for hydroxylation is 1. The van der Waals surface area contributed by atoms with E-state index in [0.29, 0.717) is 12.3 Å². The highest BCUT2D eigenvalue weighted by Crippen LogP contribution is 2.21. The van der Waals surface area contributed by atoms with Crippen molar-refractivity contribution in [3.05, 3.63) is 65.5 Å². The van der Waals surface area contributed by atoms with Crippen molar-refractivity contribution in [2.75, 3.05) is 19.6 Å². The van der Waals surface area contributed by atoms with Crippen LogP contribution in [0.2, 0.25) is 0 Å². The topological polar surface area (TPSA) is 45.2 Å². The number of rotatable bonds is 7. The lowest BCUT2D eigenvalue weighted by Gasteiger charge is -2.31. The summed E-state index contributed by atoms with van der Waals surface area (Å²) >= 11 is 0. The van der Waals surface area contributed by atoms with E-state index in [1.165, 1.54) is 11.1 Å². The third kappa shape index (κ3) is 5.67. The summed E-state index contributed by atoms with van der Waals surface area (Å²) in [5.74, 6) is 0.704. The van der Waals surface area contributed by atoms with Crippen molar-refractivity contribution in [1.29, 1.82) is 0 Å². The van der Waals surface area contributed by atoms with Crippen LogP contribution < -0.4 is 5.32 Å². The van der Waals surface area contributed by atoms with Gasteiger partial charge in [0.15, 0.2) is 0 Å². The highest BCUT2D eigenvalue weighted by Gasteiger charge is 2.21. The Morgan fingerprint density at radius 1 is 1.15 bits per heavy atom. The molecule has 4 nitrogen and oxygen atoms in total. The van der Waals surface area contributed by atoms with Crippen molar-refractivity contribution in [2.24, 2.45) is 5.92 Å². The molecule has 2 aromatic rings. The van der Waals surface area contributed by atoms with Crippen LogP contribution in [-0.4, -0.2) is 35.4 Å². The zero-order valence-corrected chi connectivity index (χ0v) is 15.7. The van der Waals surface area contributed by atoms with Gasteiger partial charge in [-0.15, -0.1) is 0 Å². The molecule has 0 saturated carbocycles. The van der Waals surface area contributed by atoms with Crippen LogP contribution in [0.25, 0.3) is 0 Å². The summed E-state index contributed by atoms with van der Waals surface area (Å²) in [6, 6.07) is 14.4. The summed E-state index contributed by atoms with van der Waals surface area (Å²) in [5.41, 5.74) is 3.73. The van der Waals surface area contributed by atoms with Crippen molar-refractivity contribution in [3.63, 3.8) is 0 Å². The van der Waals surface area contributed by atoms with Gasteiger partial charge >= 0.3 is 0 Å². The van der Waals surface area contributed by atoms with E-state index in [2.05, 4.69) is 52.5 Å². The summed E-state index contributed by atoms with van der Waals surface area (Å²) in [6.45, 7) is 5.86. The Kier molecular flexibility index (Phi) is 6.78. The van der Waals surface area contributed by atoms with E-state index in [-0.39, 0.29) is 5.91 Å². The Labute approximate surface area is 156 Å². The molecule has 3 rings (SSSR count). The van der Waals surface area contributed by atoms with Gasteiger partial charge in [0, 0.05) is 25.7 Å². The second-order valence-corrected chi connectivity index (χ2v) is 7.27. The molecular formula is C22H29N3O. The Morgan fingerprint density at radius 2 is 1.92 bits per heavy atom. The molecule has 0 bridgehead atoms. The van der Waals surface area contributed by atoms with Gasteiger partial charge in [0.05, 0.1) is 5.69 Å². The number of carbonyl (C=O) groups excluding carboxylic acids is 1. The summed E-state index contributed by atoms with van der Waals surface area (Å²) in [4.78, 5) is 19.1. The lowest BCUT2D eigenvalue weighted by atomic mass is 9.93. The number of pyridine rings is 1. The minimum atomic E-state index is 0.196. The largest absolute Gasteiger partial charge is 0.356 e. The zero-order valence-electron chi connectivity index (χ0n) is 15.7. The number of hydrogen-bond acceptors (Lipinski definition) is 3. The van der Waals surface area contributed by atoms with E-state index >= 15 is 0 Å². The van der Waals surface area contributed by atoms with Crippen LogP contribution in [0.15, 0.2) is 48.7 Å². The molecule has 1 N–H and O–H groups in total. The van der Waals surface area contributed by atoms with E-state index in [4.69, 9.17) is 0 Å². The number of likely N-dealkylation sites (tertiary alicyclic amines) is 1. The predicted octanol–water partition coefficient (Wildman–Crippen LogP) is 3.35. The standard InChI is InChI=1S/C22H29N3O/c1-18-6-2-3-7-20(18)9-13-24-22(26)16-19-10-14-25(15-11-19)17-21-8-4-5-12-23-21/h2-8,12,19H,9-11,13-17H2,1H3,(H,24,26). The number of benzene rings is 1. The second-order valence-electron chi connectivity index (χ2n) is 7.27. The molecule has 1 aromatic carbocycles. The summed E-state index contributed by atoms with van der Waals surface area (Å²) in [7, 11) is 0. The molecular weight excluding hydrogens is 322 g/mol. The lowest BCUT2D eigenvalue weighted by Crippen LogP contribution is -2.36. The van der Waals surface area contributed by atoms with Crippen LogP contribution in [0.3, 0.4) is 0 Å². The van der Waals surface area contributed by atoms with Gasteiger partial charge in [-0.1, -0.05) is 30.3 Å². The SMILES string of the molecule is Cc1ccccc1CCNC(=O)CC1CCN(Cc2ccccn2)CC1. The van der Waals surface area contributed by atoms with Crippen LogP contribution >= 0.6 is 0 Å². The van der Waals surface area contributed by atoms with Crippen molar-refractivity contribution in [3.8, 4) is 0 Å². The Balaban J connectivity index is 1.34. The minimum Gasteiger partial charge on any atom is -0.356 e. The fraction of sp³-hybridized carbons (Fsp3) is 0.455. The number of hydrogen-bond donors (Lipinski definition) is 1. The Hall–Kier alpha value is -2.20. The van der Waals surface area contributed by atoms with Gasteiger partial charge in [0.1, 0.15) is 0 Å². The molecule has 0 radical (unpaired) electrons. The smallest absolute Gasteiger partial charge is 0.220 e. The van der Waals surface area contributed by atoms with Gasteiger partial charge in [-0.05, 0) is 68.5 Å². The average Bonchev–Trinajstić information content (AvgIpc) is 2.66. The first-order valence-electron chi connectivity index (χ1n) is 9.64. The monoisotopic (exact) mass is 351 g/mol. The summed E-state index contributed by atoms with van der Waals surface area (Å²) in [6.07, 6.45) is 5.60. The third-order valence-electron chi connectivity index (χ3n) is 5.27. The highest BCUT2D eigenvalue weighted by molar-refractivity contribution is 5.76. The molecule has 138 valence electrons. The third-order valence-corrected chi connectivity index (χ3v) is 5.27. The first-order valence-corrected chi connectivity index (χ1v) is 9.64. The first kappa shape index (κ1) is 18.6. The van der Waals surface area contributed by atoms with Gasteiger partial charge in [0.2, 0.25) is 5.91 Å². The van der Waals surface area contributed by atoms with Crippen LogP contribution in [0.5, 0.6) is 0 Å². The van der Waals surface area contributed by atoms with E-state index in [1.807, 2.05) is 18.3 Å². The lowest BCUT2D eigenvalue weighted by molar-refractivity contribution is -0.122. The van der Waals surface area contributed by atoms with Gasteiger partial charge in [0.25, 0.3) is 0 Å². The molecule has 1 amide bonds. The molecule has 1 saturated heterocycles. The van der Waals surface area contributed by atoms with Crippen molar-refractivity contribution >= 4 is 5.91 Å². The number of piperidine rings is 1. The van der Waals surface area contributed by atoms with E-state index in [1.54, 1.807) is 0 Å². The van der Waals surface area contributed by atoms with Crippen LogP contribution in [0, 0.1) is 12.8 Å². The molecule has 1 aromatic heterocycles. The molecule has 1 aliphatic rings. The Bertz CT molecular complexity index is 694. The molecule has 2 heterocycles. The molecule has 0 atom stereocenters. The highest BCUT2D eigenvalue weighted by atomic mass is 16.1. The second kappa shape index (κ2) is 9.48. The van der Waals surface area contributed by atoms with E-state index < -0.39 is 0 Å². The maximum atomic E-state index is 12.2. The predicted molar refractivity (Wildman–Crippen MR) is 105 cm³/mol. The van der Waals surface area contributed by atoms with Crippen molar-refractivity contribution < 1.29 is 4.79 Å². The number of nitrogens with one attached hydrogen (secondary N) is 1. The number of carbonyl (C=O) groups is 1. The molecule has 1 fully saturated rings. The number of nitrogens with zero attached hydrogens (tertiary/aromatic N) is 2. The van der Waals surface area contributed by atoms with Crippen molar-refractivity contribution in [1.82, 2.24) is 15.2 Å². The normalized spacial score (nSPS) is 15.7. The van der Waals surface area contributed by atoms with E-state index in [9.17, 15) is 4.79 Å². The maximum Gasteiger partial charge on any atom is 0.220 e. The minimum absolute atomic E-state index is 0.196. The molecule has 26 heavy (non-hydrogen) atoms. The Morgan fingerprint density at radius 3 is 2.65 bits per heavy atom. The number of aromatic nitrogens is 1.